The predicted octanol–water partition coefficient (Wildman–Crippen LogP) is 5.02. The van der Waals surface area contributed by atoms with Crippen LogP contribution in [0.2, 0.25) is 0 Å². The molecular weight excluding hydrogens is 230 g/mol. The largest absolute Gasteiger partial charge is 0.269 e. The van der Waals surface area contributed by atoms with Gasteiger partial charge in [0, 0.05) is 5.92 Å². The Labute approximate surface area is 108 Å². The Bertz CT molecular complexity index is 379. The quantitative estimate of drug-likeness (QED) is 0.596. The summed E-state index contributed by atoms with van der Waals surface area (Å²) < 4.78 is 27.7. The molecule has 1 aromatic rings. The van der Waals surface area contributed by atoms with Gasteiger partial charge in [0.25, 0.3) is 5.92 Å². The van der Waals surface area contributed by atoms with Crippen LogP contribution in [0, 0.1) is 5.92 Å². The molecule has 0 aromatic heterocycles. The summed E-state index contributed by atoms with van der Waals surface area (Å²) in [5.74, 6) is -3.43. The third-order valence-electron chi connectivity index (χ3n) is 3.01. The van der Waals surface area contributed by atoms with Gasteiger partial charge in [0.1, 0.15) is 0 Å². The van der Waals surface area contributed by atoms with Crippen LogP contribution in [0.3, 0.4) is 0 Å². The zero-order chi connectivity index (χ0) is 13.4. The van der Waals surface area contributed by atoms with Crippen molar-refractivity contribution in [1.82, 2.24) is 0 Å². The SMILES string of the molecule is C=CCC(CCc1ccccc1)C(F)(F)/C=C/C. The second-order valence-corrected chi connectivity index (χ2v) is 4.42. The summed E-state index contributed by atoms with van der Waals surface area (Å²) in [6, 6.07) is 9.74. The molecule has 0 spiro atoms. The maximum atomic E-state index is 13.8. The van der Waals surface area contributed by atoms with Gasteiger partial charge in [-0.1, -0.05) is 42.5 Å². The van der Waals surface area contributed by atoms with Crippen molar-refractivity contribution in [1.29, 1.82) is 0 Å². The van der Waals surface area contributed by atoms with Crippen LogP contribution in [0.25, 0.3) is 0 Å². The third-order valence-corrected chi connectivity index (χ3v) is 3.01. The first-order valence-electron chi connectivity index (χ1n) is 6.26. The fraction of sp³-hybridized carbons (Fsp3) is 0.375. The van der Waals surface area contributed by atoms with E-state index in [0.717, 1.165) is 11.6 Å². The molecular formula is C16H20F2. The first-order valence-corrected chi connectivity index (χ1v) is 6.26. The van der Waals surface area contributed by atoms with E-state index in [1.165, 1.54) is 6.08 Å². The van der Waals surface area contributed by atoms with E-state index in [1.807, 2.05) is 30.3 Å². The highest BCUT2D eigenvalue weighted by molar-refractivity contribution is 5.15. The summed E-state index contributed by atoms with van der Waals surface area (Å²) in [5.41, 5.74) is 1.10. The average molecular weight is 250 g/mol. The van der Waals surface area contributed by atoms with Crippen LogP contribution < -0.4 is 0 Å². The lowest BCUT2D eigenvalue weighted by atomic mass is 9.90. The van der Waals surface area contributed by atoms with Gasteiger partial charge < -0.3 is 0 Å². The van der Waals surface area contributed by atoms with E-state index in [1.54, 1.807) is 13.0 Å². The Hall–Kier alpha value is -1.44. The molecule has 0 N–H and O–H groups in total. The molecule has 1 atom stereocenters. The van der Waals surface area contributed by atoms with Gasteiger partial charge in [-0.3, -0.25) is 0 Å². The summed E-state index contributed by atoms with van der Waals surface area (Å²) in [4.78, 5) is 0. The number of hydrogen-bond acceptors (Lipinski definition) is 0. The van der Waals surface area contributed by atoms with Crippen LogP contribution in [-0.4, -0.2) is 5.92 Å². The van der Waals surface area contributed by atoms with Gasteiger partial charge in [0.2, 0.25) is 0 Å². The molecule has 0 amide bonds. The van der Waals surface area contributed by atoms with E-state index in [-0.39, 0.29) is 0 Å². The number of allylic oxidation sites excluding steroid dienone is 3. The summed E-state index contributed by atoms with van der Waals surface area (Å²) in [5, 5.41) is 0. The number of aryl methyl sites for hydroxylation is 1. The standard InChI is InChI=1S/C16H20F2/c1-3-8-15(16(17,18)13-4-2)12-11-14-9-6-5-7-10-14/h3-7,9-10,13,15H,1,8,11-12H2,2H3/b13-4+. The molecule has 0 aliphatic heterocycles. The third kappa shape index (κ3) is 4.44. The maximum absolute atomic E-state index is 13.8. The van der Waals surface area contributed by atoms with Crippen LogP contribution in [0.1, 0.15) is 25.3 Å². The van der Waals surface area contributed by atoms with Crippen molar-refractivity contribution >= 4 is 0 Å². The Morgan fingerprint density at radius 2 is 1.94 bits per heavy atom. The van der Waals surface area contributed by atoms with Crippen molar-refractivity contribution in [2.45, 2.75) is 32.1 Å². The molecule has 0 heterocycles. The van der Waals surface area contributed by atoms with Crippen LogP contribution >= 0.6 is 0 Å². The van der Waals surface area contributed by atoms with Gasteiger partial charge in [-0.15, -0.1) is 6.58 Å². The molecule has 1 unspecified atom stereocenters. The maximum Gasteiger partial charge on any atom is 0.269 e. The Morgan fingerprint density at radius 1 is 1.28 bits per heavy atom. The molecule has 0 radical (unpaired) electrons. The average Bonchev–Trinajstić information content (AvgIpc) is 2.35. The molecule has 0 aliphatic carbocycles. The van der Waals surface area contributed by atoms with Crippen molar-refractivity contribution in [2.24, 2.45) is 5.92 Å². The monoisotopic (exact) mass is 250 g/mol. The van der Waals surface area contributed by atoms with Crippen LogP contribution in [0.15, 0.2) is 55.1 Å². The Balaban J connectivity index is 2.66. The first kappa shape index (κ1) is 14.6. The van der Waals surface area contributed by atoms with E-state index < -0.39 is 11.8 Å². The molecule has 0 saturated carbocycles. The van der Waals surface area contributed by atoms with Crippen molar-refractivity contribution in [3.8, 4) is 0 Å². The van der Waals surface area contributed by atoms with Crippen molar-refractivity contribution in [2.75, 3.05) is 0 Å². The molecule has 0 bridgehead atoms. The Morgan fingerprint density at radius 3 is 2.50 bits per heavy atom. The topological polar surface area (TPSA) is 0 Å². The van der Waals surface area contributed by atoms with Crippen LogP contribution in [0.4, 0.5) is 8.78 Å². The van der Waals surface area contributed by atoms with Gasteiger partial charge in [-0.05, 0) is 37.8 Å². The molecule has 1 rings (SSSR count). The van der Waals surface area contributed by atoms with Gasteiger partial charge >= 0.3 is 0 Å². The second-order valence-electron chi connectivity index (χ2n) is 4.42. The minimum Gasteiger partial charge on any atom is -0.202 e. The zero-order valence-electron chi connectivity index (χ0n) is 10.8. The fourth-order valence-electron chi connectivity index (χ4n) is 2.01. The summed E-state index contributed by atoms with van der Waals surface area (Å²) in [6.07, 6.45) is 5.46. The second kappa shape index (κ2) is 7.10. The summed E-state index contributed by atoms with van der Waals surface area (Å²) >= 11 is 0. The van der Waals surface area contributed by atoms with E-state index in [9.17, 15) is 8.78 Å². The Kier molecular flexibility index (Phi) is 5.76. The minimum atomic E-state index is -2.75. The van der Waals surface area contributed by atoms with Crippen molar-refractivity contribution in [3.63, 3.8) is 0 Å². The minimum absolute atomic E-state index is 0.337. The normalized spacial score (nSPS) is 13.7. The zero-order valence-corrected chi connectivity index (χ0v) is 10.8. The number of benzene rings is 1. The van der Waals surface area contributed by atoms with E-state index >= 15 is 0 Å². The number of rotatable bonds is 7. The van der Waals surface area contributed by atoms with E-state index in [4.69, 9.17) is 0 Å². The van der Waals surface area contributed by atoms with Crippen molar-refractivity contribution < 1.29 is 8.78 Å². The number of alkyl halides is 2. The molecule has 2 heteroatoms. The van der Waals surface area contributed by atoms with Crippen LogP contribution in [-0.2, 0) is 6.42 Å². The molecule has 1 aromatic carbocycles. The fourth-order valence-corrected chi connectivity index (χ4v) is 2.01. The molecule has 0 aliphatic rings. The summed E-state index contributed by atoms with van der Waals surface area (Å²) in [7, 11) is 0. The van der Waals surface area contributed by atoms with Gasteiger partial charge in [0.05, 0.1) is 0 Å². The highest BCUT2D eigenvalue weighted by atomic mass is 19.3. The lowest BCUT2D eigenvalue weighted by Crippen LogP contribution is -2.26. The highest BCUT2D eigenvalue weighted by Gasteiger charge is 2.34. The molecule has 98 valence electrons. The molecule has 0 saturated heterocycles. The smallest absolute Gasteiger partial charge is 0.202 e. The lowest BCUT2D eigenvalue weighted by molar-refractivity contribution is -0.0115. The summed E-state index contributed by atoms with van der Waals surface area (Å²) in [6.45, 7) is 5.19. The van der Waals surface area contributed by atoms with Crippen molar-refractivity contribution in [3.05, 3.63) is 60.7 Å². The number of halogens is 2. The molecule has 0 nitrogen and oxygen atoms in total. The van der Waals surface area contributed by atoms with Crippen LogP contribution in [0.5, 0.6) is 0 Å². The van der Waals surface area contributed by atoms with Gasteiger partial charge in [-0.2, -0.15) is 0 Å². The van der Waals surface area contributed by atoms with E-state index in [2.05, 4.69) is 6.58 Å². The number of hydrogen-bond donors (Lipinski definition) is 0. The van der Waals surface area contributed by atoms with Gasteiger partial charge in [-0.25, -0.2) is 8.78 Å². The highest BCUT2D eigenvalue weighted by Crippen LogP contribution is 2.32. The lowest BCUT2D eigenvalue weighted by Gasteiger charge is -2.23. The first-order chi connectivity index (χ1) is 8.60. The molecule has 18 heavy (non-hydrogen) atoms. The predicted molar refractivity (Wildman–Crippen MR) is 72.8 cm³/mol. The molecule has 0 fully saturated rings. The van der Waals surface area contributed by atoms with E-state index in [0.29, 0.717) is 19.3 Å². The van der Waals surface area contributed by atoms with Gasteiger partial charge in [0.15, 0.2) is 0 Å².